The van der Waals surface area contributed by atoms with E-state index < -0.39 is 22.3 Å². The van der Waals surface area contributed by atoms with Gasteiger partial charge in [0.15, 0.2) is 0 Å². The Labute approximate surface area is 119 Å². The number of nitro groups is 1. The minimum atomic E-state index is -0.801. The van der Waals surface area contributed by atoms with Crippen LogP contribution in [-0.4, -0.2) is 15.9 Å². The predicted molar refractivity (Wildman–Crippen MR) is 73.9 cm³/mol. The lowest BCUT2D eigenvalue weighted by Gasteiger charge is -2.07. The molecule has 0 aliphatic rings. The van der Waals surface area contributed by atoms with Gasteiger partial charge in [-0.05, 0) is 31.2 Å². The highest BCUT2D eigenvalue weighted by Crippen LogP contribution is 2.29. The SMILES string of the molecule is Cc1ccc(F)c(C(=O)Nc2ccc(O)cc2[N+](=O)[O-])c1. The van der Waals surface area contributed by atoms with E-state index >= 15 is 0 Å². The number of carbonyl (C=O) groups excluding carboxylic acids is 1. The van der Waals surface area contributed by atoms with E-state index in [0.717, 1.165) is 12.1 Å². The fraction of sp³-hybridized carbons (Fsp3) is 0.0714. The number of rotatable bonds is 3. The molecule has 6 nitrogen and oxygen atoms in total. The van der Waals surface area contributed by atoms with Crippen molar-refractivity contribution in [2.75, 3.05) is 5.32 Å². The lowest BCUT2D eigenvalue weighted by molar-refractivity contribution is -0.384. The van der Waals surface area contributed by atoms with Crippen molar-refractivity contribution >= 4 is 17.3 Å². The quantitative estimate of drug-likeness (QED) is 0.516. The zero-order chi connectivity index (χ0) is 15.6. The summed E-state index contributed by atoms with van der Waals surface area (Å²) < 4.78 is 13.6. The second-order valence-corrected chi connectivity index (χ2v) is 4.40. The number of nitro benzene ring substituents is 1. The number of benzene rings is 2. The molecule has 21 heavy (non-hydrogen) atoms. The summed E-state index contributed by atoms with van der Waals surface area (Å²) in [6, 6.07) is 7.28. The molecule has 0 bridgehead atoms. The summed E-state index contributed by atoms with van der Waals surface area (Å²) in [5, 5.41) is 22.4. The Balaban J connectivity index is 2.36. The van der Waals surface area contributed by atoms with Crippen molar-refractivity contribution in [1.82, 2.24) is 0 Å². The maximum atomic E-state index is 13.6. The molecule has 7 heteroatoms. The van der Waals surface area contributed by atoms with Gasteiger partial charge in [-0.3, -0.25) is 14.9 Å². The molecule has 0 saturated carbocycles. The normalized spacial score (nSPS) is 10.2. The Hall–Kier alpha value is -2.96. The average Bonchev–Trinajstić information content (AvgIpc) is 2.43. The molecule has 0 heterocycles. The highest BCUT2D eigenvalue weighted by atomic mass is 19.1. The van der Waals surface area contributed by atoms with E-state index in [4.69, 9.17) is 0 Å². The van der Waals surface area contributed by atoms with Gasteiger partial charge in [0.2, 0.25) is 0 Å². The van der Waals surface area contributed by atoms with Crippen LogP contribution >= 0.6 is 0 Å². The first-order valence-electron chi connectivity index (χ1n) is 5.93. The molecule has 2 aromatic rings. The van der Waals surface area contributed by atoms with E-state index in [-0.39, 0.29) is 17.0 Å². The van der Waals surface area contributed by atoms with Crippen molar-refractivity contribution in [3.63, 3.8) is 0 Å². The van der Waals surface area contributed by atoms with E-state index in [2.05, 4.69) is 5.32 Å². The van der Waals surface area contributed by atoms with Crippen molar-refractivity contribution in [1.29, 1.82) is 0 Å². The second-order valence-electron chi connectivity index (χ2n) is 4.40. The highest BCUT2D eigenvalue weighted by molar-refractivity contribution is 6.05. The molecule has 0 unspecified atom stereocenters. The highest BCUT2D eigenvalue weighted by Gasteiger charge is 2.19. The summed E-state index contributed by atoms with van der Waals surface area (Å²) in [5.41, 5.74) is -0.126. The maximum Gasteiger partial charge on any atom is 0.296 e. The van der Waals surface area contributed by atoms with Gasteiger partial charge in [-0.1, -0.05) is 11.6 Å². The minimum absolute atomic E-state index is 0.122. The molecule has 0 spiro atoms. The molecule has 0 radical (unpaired) electrons. The van der Waals surface area contributed by atoms with Crippen LogP contribution in [0.25, 0.3) is 0 Å². The van der Waals surface area contributed by atoms with Crippen molar-refractivity contribution in [2.45, 2.75) is 6.92 Å². The van der Waals surface area contributed by atoms with Crippen LogP contribution in [0, 0.1) is 22.9 Å². The molecule has 0 atom stereocenters. The van der Waals surface area contributed by atoms with Crippen LogP contribution < -0.4 is 5.32 Å². The van der Waals surface area contributed by atoms with Crippen LogP contribution in [0.15, 0.2) is 36.4 Å². The Bertz CT molecular complexity index is 731. The number of aromatic hydroxyl groups is 1. The van der Waals surface area contributed by atoms with E-state index in [1.165, 1.54) is 24.3 Å². The first-order chi connectivity index (χ1) is 9.88. The second kappa shape index (κ2) is 5.58. The fourth-order valence-electron chi connectivity index (χ4n) is 1.78. The Morgan fingerprint density at radius 2 is 2.00 bits per heavy atom. The van der Waals surface area contributed by atoms with Gasteiger partial charge >= 0.3 is 0 Å². The summed E-state index contributed by atoms with van der Waals surface area (Å²) in [5.74, 6) is -1.83. The van der Waals surface area contributed by atoms with Crippen LogP contribution in [0.5, 0.6) is 5.75 Å². The lowest BCUT2D eigenvalue weighted by Crippen LogP contribution is -2.15. The maximum absolute atomic E-state index is 13.6. The number of hydrogen-bond acceptors (Lipinski definition) is 4. The van der Waals surface area contributed by atoms with Crippen molar-refractivity contribution < 1.29 is 19.2 Å². The van der Waals surface area contributed by atoms with Gasteiger partial charge in [0.1, 0.15) is 17.3 Å². The van der Waals surface area contributed by atoms with E-state index in [9.17, 15) is 24.4 Å². The summed E-state index contributed by atoms with van der Waals surface area (Å²) in [6.07, 6.45) is 0. The van der Waals surface area contributed by atoms with Crippen LogP contribution in [0.3, 0.4) is 0 Å². The zero-order valence-electron chi connectivity index (χ0n) is 11.0. The van der Waals surface area contributed by atoms with Gasteiger partial charge in [-0.25, -0.2) is 4.39 Å². The smallest absolute Gasteiger partial charge is 0.296 e. The van der Waals surface area contributed by atoms with Crippen molar-refractivity contribution in [3.05, 3.63) is 63.5 Å². The summed E-state index contributed by atoms with van der Waals surface area (Å²) in [4.78, 5) is 22.1. The molecular formula is C14H11FN2O4. The molecule has 2 rings (SSSR count). The third-order valence-corrected chi connectivity index (χ3v) is 2.79. The monoisotopic (exact) mass is 290 g/mol. The van der Waals surface area contributed by atoms with Gasteiger partial charge < -0.3 is 10.4 Å². The van der Waals surface area contributed by atoms with Crippen molar-refractivity contribution in [2.24, 2.45) is 0 Å². The number of carbonyl (C=O) groups is 1. The van der Waals surface area contributed by atoms with Gasteiger partial charge in [0.05, 0.1) is 16.6 Å². The van der Waals surface area contributed by atoms with E-state index in [1.54, 1.807) is 6.92 Å². The number of nitrogens with zero attached hydrogens (tertiary/aromatic N) is 1. The largest absolute Gasteiger partial charge is 0.508 e. The number of phenols is 1. The van der Waals surface area contributed by atoms with Crippen LogP contribution in [0.4, 0.5) is 15.8 Å². The zero-order valence-corrected chi connectivity index (χ0v) is 11.0. The Morgan fingerprint density at radius 3 is 2.67 bits per heavy atom. The molecular weight excluding hydrogens is 279 g/mol. The third-order valence-electron chi connectivity index (χ3n) is 2.79. The van der Waals surface area contributed by atoms with Crippen LogP contribution in [0.2, 0.25) is 0 Å². The molecule has 108 valence electrons. The fourth-order valence-corrected chi connectivity index (χ4v) is 1.78. The number of aryl methyl sites for hydroxylation is 1. The van der Waals surface area contributed by atoms with Gasteiger partial charge in [-0.15, -0.1) is 0 Å². The number of phenolic OH excluding ortho intramolecular Hbond substituents is 1. The predicted octanol–water partition coefficient (Wildman–Crippen LogP) is 3.00. The standard InChI is InChI=1S/C14H11FN2O4/c1-8-2-4-11(15)10(6-8)14(19)16-12-5-3-9(18)7-13(12)17(20)21/h2-7,18H,1H3,(H,16,19). The van der Waals surface area contributed by atoms with Crippen LogP contribution in [0.1, 0.15) is 15.9 Å². The lowest BCUT2D eigenvalue weighted by atomic mass is 10.1. The topological polar surface area (TPSA) is 92.5 Å². The van der Waals surface area contributed by atoms with Gasteiger partial charge in [0.25, 0.3) is 11.6 Å². The Morgan fingerprint density at radius 1 is 1.29 bits per heavy atom. The van der Waals surface area contributed by atoms with Gasteiger partial charge in [0, 0.05) is 0 Å². The number of hydrogen-bond donors (Lipinski definition) is 2. The molecule has 0 aliphatic carbocycles. The third kappa shape index (κ3) is 3.14. The van der Waals surface area contributed by atoms with Crippen LogP contribution in [-0.2, 0) is 0 Å². The summed E-state index contributed by atoms with van der Waals surface area (Å²) in [6.45, 7) is 1.69. The van der Waals surface area contributed by atoms with Gasteiger partial charge in [-0.2, -0.15) is 0 Å². The Kier molecular flexibility index (Phi) is 3.84. The molecule has 0 aromatic heterocycles. The van der Waals surface area contributed by atoms with Crippen molar-refractivity contribution in [3.8, 4) is 5.75 Å². The molecule has 2 N–H and O–H groups in total. The number of halogens is 1. The summed E-state index contributed by atoms with van der Waals surface area (Å²) in [7, 11) is 0. The molecule has 2 aromatic carbocycles. The molecule has 1 amide bonds. The molecule has 0 aliphatic heterocycles. The van der Waals surface area contributed by atoms with E-state index in [1.807, 2.05) is 0 Å². The first kappa shape index (κ1) is 14.4. The number of amides is 1. The number of nitrogens with one attached hydrogen (secondary N) is 1. The first-order valence-corrected chi connectivity index (χ1v) is 5.93. The number of anilines is 1. The minimum Gasteiger partial charge on any atom is -0.508 e. The summed E-state index contributed by atoms with van der Waals surface area (Å²) >= 11 is 0. The molecule has 0 saturated heterocycles. The molecule has 0 fully saturated rings. The average molecular weight is 290 g/mol. The van der Waals surface area contributed by atoms with E-state index in [0.29, 0.717) is 5.56 Å².